The number of hydrogen-bond acceptors (Lipinski definition) is 11. The molecule has 15 nitrogen and oxygen atoms in total. The van der Waals surface area contributed by atoms with E-state index in [-0.39, 0.29) is 29.2 Å². The molecule has 2 aliphatic carbocycles. The van der Waals surface area contributed by atoms with Crippen LogP contribution in [-0.2, 0) is 19.2 Å². The summed E-state index contributed by atoms with van der Waals surface area (Å²) in [5.41, 5.74) is 9.55. The number of alkyl halides is 12. The highest BCUT2D eigenvalue weighted by Crippen LogP contribution is 2.40. The molecule has 6 N–H and O–H groups in total. The van der Waals surface area contributed by atoms with E-state index in [0.717, 1.165) is 73.9 Å². The lowest BCUT2D eigenvalue weighted by atomic mass is 9.82. The number of halogens is 13. The Hall–Kier alpha value is -7.18. The molecule has 2 aliphatic heterocycles. The maximum Gasteiger partial charge on any atom is 0.458 e. The van der Waals surface area contributed by atoms with Crippen LogP contribution in [0.5, 0.6) is 0 Å². The Morgan fingerprint density at radius 3 is 1.18 bits per heavy atom. The van der Waals surface area contributed by atoms with Gasteiger partial charge < -0.3 is 31.2 Å². The minimum Gasteiger partial charge on any atom is -0.326 e. The van der Waals surface area contributed by atoms with Crippen molar-refractivity contribution in [1.82, 2.24) is 30.6 Å². The van der Waals surface area contributed by atoms with Crippen LogP contribution in [0.3, 0.4) is 0 Å². The summed E-state index contributed by atoms with van der Waals surface area (Å²) in [6.45, 7) is 9.02. The first-order valence-corrected chi connectivity index (χ1v) is 26.5. The average molecular weight is 1200 g/mol. The predicted molar refractivity (Wildman–Crippen MR) is 281 cm³/mol. The van der Waals surface area contributed by atoms with E-state index in [1.165, 1.54) is 60.4 Å². The fourth-order valence-electron chi connectivity index (χ4n) is 10.0. The monoisotopic (exact) mass is 1200 g/mol. The van der Waals surface area contributed by atoms with Gasteiger partial charge in [-0.3, -0.25) is 28.8 Å². The lowest BCUT2D eigenvalue weighted by Gasteiger charge is -2.33. The van der Waals surface area contributed by atoms with Crippen molar-refractivity contribution in [3.63, 3.8) is 0 Å². The molecule has 0 spiro atoms. The summed E-state index contributed by atoms with van der Waals surface area (Å²) in [4.78, 5) is 77.4. The minimum atomic E-state index is -5.77. The molecule has 4 aliphatic rings. The number of hydrogen-bond donors (Lipinski definition) is 6. The van der Waals surface area contributed by atoms with Gasteiger partial charge in [-0.05, 0) is 163 Å². The van der Waals surface area contributed by atoms with Crippen LogP contribution in [0.4, 0.5) is 64.1 Å². The van der Waals surface area contributed by atoms with Crippen LogP contribution in [0.25, 0.3) is 11.1 Å². The summed E-state index contributed by atoms with van der Waals surface area (Å²) in [5.74, 6) is -12.8. The van der Waals surface area contributed by atoms with E-state index in [1.807, 2.05) is 12.1 Å². The largest absolute Gasteiger partial charge is 0.458 e. The summed E-state index contributed by atoms with van der Waals surface area (Å²) < 4.78 is 134. The topological polar surface area (TPSA) is 232 Å². The van der Waals surface area contributed by atoms with E-state index < -0.39 is 47.8 Å². The van der Waals surface area contributed by atoms with Crippen LogP contribution >= 0.6 is 11.6 Å². The Labute approximate surface area is 472 Å². The van der Waals surface area contributed by atoms with E-state index in [0.29, 0.717) is 41.2 Å². The molecule has 1 unspecified atom stereocenters. The number of piperidine rings is 2. The van der Waals surface area contributed by atoms with Gasteiger partial charge in [0, 0.05) is 46.7 Å². The van der Waals surface area contributed by atoms with Gasteiger partial charge in [0.2, 0.25) is 0 Å². The van der Waals surface area contributed by atoms with Crippen molar-refractivity contribution in [2.75, 3.05) is 10.6 Å². The zero-order valence-electron chi connectivity index (χ0n) is 44.9. The van der Waals surface area contributed by atoms with Gasteiger partial charge in [0.25, 0.3) is 11.8 Å². The van der Waals surface area contributed by atoms with Crippen molar-refractivity contribution in [3.8, 4) is 6.07 Å². The number of imidazole rings is 2. The first-order valence-electron chi connectivity index (χ1n) is 26.1. The summed E-state index contributed by atoms with van der Waals surface area (Å²) >= 11 is 5.88. The molecule has 2 amide bonds. The quantitative estimate of drug-likeness (QED) is 0.0646. The average Bonchev–Trinajstić information content (AvgIpc) is 4.22. The molecular weight excluding hydrogens is 1150 g/mol. The maximum absolute atomic E-state index is 12.7. The molecule has 4 aromatic rings. The molecule has 2 fully saturated rings. The molecule has 28 heteroatoms. The molecule has 5 atom stereocenters. The normalized spacial score (nSPS) is 21.1. The number of benzene rings is 2. The predicted octanol–water partition coefficient (Wildman–Crippen LogP) is 12.8. The number of aromatic nitrogens is 4. The number of nitrogens with one attached hydrogen (secondary N) is 6. The van der Waals surface area contributed by atoms with Crippen molar-refractivity contribution in [3.05, 3.63) is 106 Å². The molecule has 0 saturated carbocycles. The SMILES string of the molecule is C[C@@H]1CC(c2ccc(NC(=O)c3ncc(Cl)[nH]3)c(C3=CCCCC3)c2)C[C@H](C)N1.C[C@H]1CC(c2ccc(NC(=O)c3ncc(C#N)[nH]3)c(C3=CCCCC3)c2)C[C@H](C)N1.O=C(C(=O)C(F)(F)F)C(F)(F)F.O=C(C(=O)C(F)(F)F)C(F)(F)F. The van der Waals surface area contributed by atoms with E-state index in [4.69, 9.17) is 16.9 Å². The molecule has 450 valence electrons. The maximum atomic E-state index is 12.7. The summed E-state index contributed by atoms with van der Waals surface area (Å²) in [6, 6.07) is 17.0. The number of carbonyl (C=O) groups excluding carboxylic acids is 6. The number of H-pyrrole nitrogens is 2. The van der Waals surface area contributed by atoms with Crippen molar-refractivity contribution < 1.29 is 81.5 Å². The Bertz CT molecular complexity index is 2990. The van der Waals surface area contributed by atoms with Crippen molar-refractivity contribution >= 4 is 69.1 Å². The van der Waals surface area contributed by atoms with Gasteiger partial charge >= 0.3 is 47.8 Å². The van der Waals surface area contributed by atoms with Crippen molar-refractivity contribution in [2.24, 2.45) is 0 Å². The van der Waals surface area contributed by atoms with E-state index in [2.05, 4.69) is 111 Å². The minimum absolute atomic E-state index is 0.153. The third-order valence-corrected chi connectivity index (χ3v) is 13.8. The number of Topliss-reactive ketones (excluding diaryl/α,β-unsaturated/α-hetero) is 4. The van der Waals surface area contributed by atoms with Crippen LogP contribution in [0.15, 0.2) is 60.9 Å². The van der Waals surface area contributed by atoms with Gasteiger partial charge in [-0.25, -0.2) is 9.97 Å². The fourth-order valence-corrected chi connectivity index (χ4v) is 10.2. The third-order valence-electron chi connectivity index (χ3n) is 13.6. The van der Waals surface area contributed by atoms with E-state index >= 15 is 0 Å². The Balaban J connectivity index is 0.000000221. The third kappa shape index (κ3) is 19.5. The molecule has 2 aromatic heterocycles. The van der Waals surface area contributed by atoms with Crippen LogP contribution in [0.2, 0.25) is 5.15 Å². The molecule has 83 heavy (non-hydrogen) atoms. The Kier molecular flexibility index (Phi) is 22.8. The Morgan fingerprint density at radius 1 is 0.542 bits per heavy atom. The summed E-state index contributed by atoms with van der Waals surface area (Å²) in [5, 5.41) is 22.6. The second-order valence-electron chi connectivity index (χ2n) is 20.4. The van der Waals surface area contributed by atoms with Gasteiger partial charge in [0.05, 0.1) is 12.4 Å². The van der Waals surface area contributed by atoms with E-state index in [1.54, 1.807) is 0 Å². The lowest BCUT2D eigenvalue weighted by molar-refractivity contribution is -0.193. The van der Waals surface area contributed by atoms with E-state index in [9.17, 15) is 81.5 Å². The number of rotatable bonds is 10. The zero-order valence-corrected chi connectivity index (χ0v) is 45.7. The van der Waals surface area contributed by atoms with Crippen molar-refractivity contribution in [1.29, 1.82) is 5.26 Å². The highest BCUT2D eigenvalue weighted by Gasteiger charge is 2.55. The van der Waals surface area contributed by atoms with Crippen LogP contribution in [0.1, 0.15) is 166 Å². The fraction of sp³-hybridized carbons (Fsp3) is 0.473. The number of nitriles is 1. The number of nitrogens with zero attached hydrogens (tertiary/aromatic N) is 3. The molecular formula is C55H58ClF12N9O6. The number of anilines is 2. The number of allylic oxidation sites excluding steroid dienone is 4. The molecule has 0 radical (unpaired) electrons. The number of aromatic amines is 2. The Morgan fingerprint density at radius 2 is 0.892 bits per heavy atom. The smallest absolute Gasteiger partial charge is 0.326 e. The summed E-state index contributed by atoms with van der Waals surface area (Å²) in [7, 11) is 0. The second kappa shape index (κ2) is 28.4. The van der Waals surface area contributed by atoms with Crippen LogP contribution in [0, 0.1) is 11.3 Å². The molecule has 2 saturated heterocycles. The van der Waals surface area contributed by atoms with Gasteiger partial charge in [-0.2, -0.15) is 57.9 Å². The first-order chi connectivity index (χ1) is 38.7. The van der Waals surface area contributed by atoms with Gasteiger partial charge in [0.15, 0.2) is 11.6 Å². The number of amides is 2. The molecule has 8 rings (SSSR count). The van der Waals surface area contributed by atoms with Crippen LogP contribution < -0.4 is 21.3 Å². The van der Waals surface area contributed by atoms with Crippen molar-refractivity contribution in [2.45, 2.75) is 165 Å². The van der Waals surface area contributed by atoms with Crippen LogP contribution in [-0.4, -0.2) is 104 Å². The first kappa shape index (κ1) is 66.6. The molecule has 0 bridgehead atoms. The molecule has 2 aromatic carbocycles. The summed E-state index contributed by atoms with van der Waals surface area (Å²) in [6.07, 6.45) is -2.01. The molecule has 4 heterocycles. The van der Waals surface area contributed by atoms with Gasteiger partial charge in [-0.15, -0.1) is 0 Å². The lowest BCUT2D eigenvalue weighted by Crippen LogP contribution is -2.41. The van der Waals surface area contributed by atoms with Gasteiger partial charge in [-0.1, -0.05) is 35.9 Å². The standard InChI is InChI=1S/C24H29N5O.C23H29ClN4O.2C4F6O2/c1-15-10-19(11-16(2)27-15)18-8-9-22(21(12-18)17-6-4-3-5-7-17)29-24(30)23-26-14-20(13-25)28-23;1-14-10-18(11-15(2)26-14)17-8-9-20(19(12-17)16-6-4-3-5-7-16)27-23(29)22-25-13-21(24)28-22;2*5-3(6,7)1(11)2(12)4(8,9)10/h6,8-9,12,14-16,19,27H,3-5,7,10-11H2,1-2H3,(H,26,28)(H,29,30);6,8-9,12-15,18,26H,3-5,7,10-11H2,1-2H3,(H,25,28)(H,27,29);;/t15-,16-;14-,15+,18?;;/m0.../s1. The van der Waals surface area contributed by atoms with Gasteiger partial charge in [0.1, 0.15) is 16.9 Å². The number of carbonyl (C=O) groups is 6. The number of ketones is 4. The highest BCUT2D eigenvalue weighted by atomic mass is 35.5. The zero-order chi connectivity index (χ0) is 61.8. The highest BCUT2D eigenvalue weighted by molar-refractivity contribution is 6.41. The second-order valence-corrected chi connectivity index (χ2v) is 20.8.